The molecule has 3 rings (SSSR count). The Hall–Kier alpha value is -1.25. The van der Waals surface area contributed by atoms with Crippen LogP contribution in [0.4, 0.5) is 5.82 Å². The van der Waals surface area contributed by atoms with Gasteiger partial charge in [-0.05, 0) is 25.0 Å². The summed E-state index contributed by atoms with van der Waals surface area (Å²) in [5.74, 6) is -0.273. The van der Waals surface area contributed by atoms with E-state index in [-0.39, 0.29) is 15.7 Å². The zero-order valence-corrected chi connectivity index (χ0v) is 15.2. The molecule has 0 amide bonds. The van der Waals surface area contributed by atoms with E-state index >= 15 is 0 Å². The van der Waals surface area contributed by atoms with Crippen LogP contribution in [0.2, 0.25) is 5.02 Å². The summed E-state index contributed by atoms with van der Waals surface area (Å²) < 4.78 is 29.7. The predicted octanol–water partition coefficient (Wildman–Crippen LogP) is 3.92. The van der Waals surface area contributed by atoms with Crippen molar-refractivity contribution in [1.29, 1.82) is 0 Å². The lowest BCUT2D eigenvalue weighted by Crippen LogP contribution is -2.13. The summed E-state index contributed by atoms with van der Waals surface area (Å²) in [4.78, 5) is 3.79. The normalized spacial score (nSPS) is 15.9. The number of hydrogen-bond donors (Lipinski definition) is 2. The summed E-state index contributed by atoms with van der Waals surface area (Å²) in [7, 11) is -3.99. The predicted molar refractivity (Wildman–Crippen MR) is 91.4 cm³/mol. The molecule has 1 aromatic heterocycles. The Labute approximate surface area is 147 Å². The highest BCUT2D eigenvalue weighted by Gasteiger charge is 2.23. The molecule has 1 aliphatic carbocycles. The fourth-order valence-corrected chi connectivity index (χ4v) is 4.89. The lowest BCUT2D eigenvalue weighted by molar-refractivity contribution is 0.459. The third kappa shape index (κ3) is 3.49. The molecule has 1 aromatic carbocycles. The second-order valence-electron chi connectivity index (χ2n) is 5.48. The zero-order chi connectivity index (χ0) is 16.6. The molecule has 0 bridgehead atoms. The van der Waals surface area contributed by atoms with Crippen LogP contribution in [0.25, 0.3) is 0 Å². The first-order chi connectivity index (χ1) is 10.9. The van der Waals surface area contributed by atoms with Crippen molar-refractivity contribution in [3.05, 3.63) is 34.2 Å². The number of nitrogens with zero attached hydrogens (tertiary/aromatic N) is 2. The number of aromatic hydroxyl groups is 1. The Balaban J connectivity index is 1.87. The van der Waals surface area contributed by atoms with Gasteiger partial charge in [0.25, 0.3) is 10.0 Å². The SMILES string of the molecule is O=S(=O)(Nc1cn(C2CCCC2)cn1)c1cc(Br)cc(Cl)c1O. The topological polar surface area (TPSA) is 84.2 Å². The van der Waals surface area contributed by atoms with Crippen molar-refractivity contribution in [2.24, 2.45) is 0 Å². The van der Waals surface area contributed by atoms with Crippen LogP contribution >= 0.6 is 27.5 Å². The fraction of sp³-hybridized carbons (Fsp3) is 0.357. The number of sulfonamides is 1. The molecule has 0 aliphatic heterocycles. The minimum absolute atomic E-state index is 0.0452. The molecule has 1 fully saturated rings. The Morgan fingerprint density at radius 3 is 2.74 bits per heavy atom. The fourth-order valence-electron chi connectivity index (χ4n) is 2.73. The number of hydrogen-bond acceptors (Lipinski definition) is 4. The molecule has 1 heterocycles. The molecule has 1 aliphatic rings. The first-order valence-electron chi connectivity index (χ1n) is 7.11. The van der Waals surface area contributed by atoms with E-state index in [9.17, 15) is 13.5 Å². The number of imidazole rings is 1. The van der Waals surface area contributed by atoms with Crippen LogP contribution in [0.1, 0.15) is 31.7 Å². The Kier molecular flexibility index (Phi) is 4.57. The van der Waals surface area contributed by atoms with Crippen LogP contribution in [0.3, 0.4) is 0 Å². The molecule has 0 atom stereocenters. The molecule has 2 N–H and O–H groups in total. The van der Waals surface area contributed by atoms with Gasteiger partial charge in [0, 0.05) is 16.7 Å². The molecule has 124 valence electrons. The van der Waals surface area contributed by atoms with Crippen molar-refractivity contribution >= 4 is 43.4 Å². The molecule has 0 unspecified atom stereocenters. The maximum Gasteiger partial charge on any atom is 0.266 e. The van der Waals surface area contributed by atoms with Gasteiger partial charge in [-0.3, -0.25) is 4.72 Å². The summed E-state index contributed by atoms with van der Waals surface area (Å²) in [5, 5.41) is 9.87. The standard InChI is InChI=1S/C14H15BrClN3O3S/c15-9-5-11(16)14(20)12(6-9)23(21,22)18-13-7-19(8-17-13)10-3-1-2-4-10/h5-8,10,18,20H,1-4H2. The summed E-state index contributed by atoms with van der Waals surface area (Å²) in [6.45, 7) is 0. The number of phenolic OH excluding ortho intramolecular Hbond substituents is 1. The van der Waals surface area contributed by atoms with E-state index < -0.39 is 15.8 Å². The van der Waals surface area contributed by atoms with Crippen molar-refractivity contribution in [1.82, 2.24) is 9.55 Å². The first-order valence-corrected chi connectivity index (χ1v) is 9.76. The van der Waals surface area contributed by atoms with Crippen molar-refractivity contribution in [2.75, 3.05) is 4.72 Å². The second kappa shape index (κ2) is 6.33. The van der Waals surface area contributed by atoms with Gasteiger partial charge in [0.2, 0.25) is 0 Å². The number of nitrogens with one attached hydrogen (secondary N) is 1. The minimum atomic E-state index is -3.99. The second-order valence-corrected chi connectivity index (χ2v) is 8.46. The average Bonchev–Trinajstić information content (AvgIpc) is 3.12. The van der Waals surface area contributed by atoms with Crippen molar-refractivity contribution in [3.8, 4) is 5.75 Å². The minimum Gasteiger partial charge on any atom is -0.505 e. The molecule has 9 heteroatoms. The number of phenols is 1. The van der Waals surface area contributed by atoms with Gasteiger partial charge in [-0.25, -0.2) is 13.4 Å². The molecule has 1 saturated carbocycles. The maximum atomic E-state index is 12.5. The number of anilines is 1. The van der Waals surface area contributed by atoms with Gasteiger partial charge >= 0.3 is 0 Å². The monoisotopic (exact) mass is 419 g/mol. The van der Waals surface area contributed by atoms with E-state index in [2.05, 4.69) is 25.6 Å². The van der Waals surface area contributed by atoms with Crippen LogP contribution < -0.4 is 4.72 Å². The van der Waals surface area contributed by atoms with E-state index in [4.69, 9.17) is 11.6 Å². The van der Waals surface area contributed by atoms with Gasteiger partial charge in [0.1, 0.15) is 4.90 Å². The molecule has 0 saturated heterocycles. The molecule has 2 aromatic rings. The lowest BCUT2D eigenvalue weighted by atomic mass is 10.2. The molecular weight excluding hydrogens is 406 g/mol. The van der Waals surface area contributed by atoms with Crippen LogP contribution in [0, 0.1) is 0 Å². The molecule has 23 heavy (non-hydrogen) atoms. The van der Waals surface area contributed by atoms with E-state index in [1.54, 1.807) is 12.5 Å². The van der Waals surface area contributed by atoms with E-state index in [0.717, 1.165) is 12.8 Å². The summed E-state index contributed by atoms with van der Waals surface area (Å²) in [6.07, 6.45) is 7.80. The smallest absolute Gasteiger partial charge is 0.266 e. The van der Waals surface area contributed by atoms with Crippen LogP contribution in [0.15, 0.2) is 34.0 Å². The third-order valence-corrected chi connectivity index (χ3v) is 5.98. The first kappa shape index (κ1) is 16.6. The van der Waals surface area contributed by atoms with Crippen LogP contribution in [-0.4, -0.2) is 23.1 Å². The highest BCUT2D eigenvalue weighted by Crippen LogP contribution is 2.35. The average molecular weight is 421 g/mol. The Bertz CT molecular complexity index is 832. The number of halogens is 2. The Morgan fingerprint density at radius 2 is 2.04 bits per heavy atom. The van der Waals surface area contributed by atoms with Gasteiger partial charge in [-0.1, -0.05) is 40.4 Å². The largest absolute Gasteiger partial charge is 0.505 e. The molecular formula is C14H15BrClN3O3S. The van der Waals surface area contributed by atoms with Gasteiger partial charge < -0.3 is 9.67 Å². The summed E-state index contributed by atoms with van der Waals surface area (Å²) >= 11 is 8.99. The molecule has 0 radical (unpaired) electrons. The quantitative estimate of drug-likeness (QED) is 0.785. The van der Waals surface area contributed by atoms with Crippen LogP contribution in [-0.2, 0) is 10.0 Å². The van der Waals surface area contributed by atoms with Gasteiger partial charge in [0.05, 0.1) is 11.3 Å². The van der Waals surface area contributed by atoms with E-state index in [1.165, 1.54) is 25.0 Å². The summed E-state index contributed by atoms with van der Waals surface area (Å²) in [5.41, 5.74) is 0. The van der Waals surface area contributed by atoms with Crippen molar-refractivity contribution in [2.45, 2.75) is 36.6 Å². The number of benzene rings is 1. The number of rotatable bonds is 4. The highest BCUT2D eigenvalue weighted by molar-refractivity contribution is 9.10. The van der Waals surface area contributed by atoms with Gasteiger partial charge in [0.15, 0.2) is 11.6 Å². The van der Waals surface area contributed by atoms with Gasteiger partial charge in [-0.15, -0.1) is 0 Å². The van der Waals surface area contributed by atoms with E-state index in [1.807, 2.05) is 4.57 Å². The molecule has 0 spiro atoms. The maximum absolute atomic E-state index is 12.5. The van der Waals surface area contributed by atoms with Crippen molar-refractivity contribution < 1.29 is 13.5 Å². The summed E-state index contributed by atoms with van der Waals surface area (Å²) in [6, 6.07) is 3.08. The molecule has 6 nitrogen and oxygen atoms in total. The highest BCUT2D eigenvalue weighted by atomic mass is 79.9. The van der Waals surface area contributed by atoms with Gasteiger partial charge in [-0.2, -0.15) is 0 Å². The Morgan fingerprint density at radius 1 is 1.35 bits per heavy atom. The zero-order valence-electron chi connectivity index (χ0n) is 12.0. The van der Waals surface area contributed by atoms with Crippen LogP contribution in [0.5, 0.6) is 5.75 Å². The van der Waals surface area contributed by atoms with Crippen molar-refractivity contribution in [3.63, 3.8) is 0 Å². The van der Waals surface area contributed by atoms with E-state index in [0.29, 0.717) is 10.5 Å². The lowest BCUT2D eigenvalue weighted by Gasteiger charge is -2.10. The number of aromatic nitrogens is 2. The third-order valence-electron chi connectivity index (χ3n) is 3.87.